The summed E-state index contributed by atoms with van der Waals surface area (Å²) in [7, 11) is 1.56. The Hall–Kier alpha value is -3.24. The van der Waals surface area contributed by atoms with Crippen molar-refractivity contribution in [3.05, 3.63) is 52.0 Å². The molecule has 1 saturated carbocycles. The van der Waals surface area contributed by atoms with Gasteiger partial charge >= 0.3 is 0 Å². The van der Waals surface area contributed by atoms with Crippen LogP contribution in [0.5, 0.6) is 11.5 Å². The van der Waals surface area contributed by atoms with E-state index in [1.807, 2.05) is 19.9 Å². The number of nitriles is 1. The zero-order chi connectivity index (χ0) is 24.0. The number of nitrogens with zero attached hydrogens (tertiary/aromatic N) is 2. The molecule has 0 heterocycles. The molecular formula is C25H28ClN3O4. The number of rotatable bonds is 11. The van der Waals surface area contributed by atoms with Crippen LogP contribution >= 0.6 is 11.6 Å². The molecule has 33 heavy (non-hydrogen) atoms. The molecule has 0 spiro atoms. The second-order valence-corrected chi connectivity index (χ2v) is 8.37. The Morgan fingerprint density at radius 2 is 2.09 bits per heavy atom. The third kappa shape index (κ3) is 5.77. The Balaban J connectivity index is 1.92. The van der Waals surface area contributed by atoms with Crippen molar-refractivity contribution < 1.29 is 19.1 Å². The molecule has 1 aliphatic carbocycles. The first-order valence-corrected chi connectivity index (χ1v) is 11.3. The zero-order valence-corrected chi connectivity index (χ0v) is 19.8. The van der Waals surface area contributed by atoms with Gasteiger partial charge in [-0.15, -0.1) is 0 Å². The fourth-order valence-corrected chi connectivity index (χ4v) is 3.98. The Kier molecular flexibility index (Phi) is 8.18. The number of hydrogen-bond acceptors (Lipinski definition) is 5. The Morgan fingerprint density at radius 3 is 2.70 bits per heavy atom. The number of amides is 2. The fraction of sp³-hybridized carbons (Fsp3) is 0.400. The highest BCUT2D eigenvalue weighted by atomic mass is 35.5. The molecule has 174 valence electrons. The van der Waals surface area contributed by atoms with E-state index >= 15 is 0 Å². The summed E-state index contributed by atoms with van der Waals surface area (Å²) in [6, 6.07) is 10.5. The van der Waals surface area contributed by atoms with Gasteiger partial charge in [0, 0.05) is 23.2 Å². The fourth-order valence-electron chi connectivity index (χ4n) is 3.72. The van der Waals surface area contributed by atoms with Crippen LogP contribution in [0.4, 0.5) is 5.69 Å². The minimum Gasteiger partial charge on any atom is -0.493 e. The van der Waals surface area contributed by atoms with E-state index in [0.29, 0.717) is 28.8 Å². The Morgan fingerprint density at radius 1 is 1.33 bits per heavy atom. The van der Waals surface area contributed by atoms with E-state index in [1.54, 1.807) is 36.3 Å². The molecule has 0 aliphatic heterocycles. The van der Waals surface area contributed by atoms with Crippen molar-refractivity contribution in [1.82, 2.24) is 4.90 Å². The lowest BCUT2D eigenvalue weighted by Gasteiger charge is -2.29. The predicted molar refractivity (Wildman–Crippen MR) is 126 cm³/mol. The van der Waals surface area contributed by atoms with Crippen molar-refractivity contribution in [2.45, 2.75) is 45.7 Å². The number of halogens is 1. The van der Waals surface area contributed by atoms with Gasteiger partial charge in [0.05, 0.1) is 32.2 Å². The van der Waals surface area contributed by atoms with Crippen LogP contribution in [-0.4, -0.2) is 30.9 Å². The molecule has 0 radical (unpaired) electrons. The quantitative estimate of drug-likeness (QED) is 0.466. The maximum atomic E-state index is 12.2. The molecule has 1 unspecified atom stereocenters. The number of carbonyl (C=O) groups excluding carboxylic acids is 2. The normalized spacial score (nSPS) is 13.5. The van der Waals surface area contributed by atoms with E-state index in [9.17, 15) is 14.9 Å². The van der Waals surface area contributed by atoms with Gasteiger partial charge in [0.25, 0.3) is 0 Å². The van der Waals surface area contributed by atoms with Crippen molar-refractivity contribution in [3.63, 3.8) is 0 Å². The zero-order valence-electron chi connectivity index (χ0n) is 19.1. The highest BCUT2D eigenvalue weighted by Gasteiger charge is 2.30. The minimum absolute atomic E-state index is 0.00246. The van der Waals surface area contributed by atoms with E-state index in [0.717, 1.165) is 35.9 Å². The number of methoxy groups -OCH3 is 1. The largest absolute Gasteiger partial charge is 0.493 e. The molecule has 7 nitrogen and oxygen atoms in total. The topological polar surface area (TPSA) is 91.7 Å². The summed E-state index contributed by atoms with van der Waals surface area (Å²) in [5.74, 6) is 1.20. The van der Waals surface area contributed by atoms with Gasteiger partial charge < -0.3 is 19.7 Å². The first-order valence-electron chi connectivity index (χ1n) is 10.9. The standard InChI is InChI=1S/C25H28ClN3O4/c1-4-33-24-13-18(7-10-23(24)32-3)22(11-12-27)29(15-30)14-19-16(2)21(9-8-20(19)26)28-25(31)17-5-6-17/h7-10,13,15,17,22H,4-6,11,14H2,1-3H3,(H,28,31). The average Bonchev–Trinajstić information content (AvgIpc) is 3.66. The SMILES string of the molecule is CCOc1cc(C(CC#N)N(C=O)Cc2c(Cl)ccc(NC(=O)C3CC3)c2C)ccc1OC. The van der Waals surface area contributed by atoms with Crippen molar-refractivity contribution in [2.75, 3.05) is 19.0 Å². The molecule has 3 rings (SSSR count). The molecule has 2 amide bonds. The van der Waals surface area contributed by atoms with Gasteiger partial charge in [-0.25, -0.2) is 0 Å². The van der Waals surface area contributed by atoms with Crippen molar-refractivity contribution in [2.24, 2.45) is 5.92 Å². The molecule has 2 aromatic carbocycles. The van der Waals surface area contributed by atoms with Crippen molar-refractivity contribution >= 4 is 29.6 Å². The third-order valence-electron chi connectivity index (χ3n) is 5.78. The highest BCUT2D eigenvalue weighted by molar-refractivity contribution is 6.31. The van der Waals surface area contributed by atoms with E-state index in [1.165, 1.54) is 0 Å². The van der Waals surface area contributed by atoms with Crippen LogP contribution in [0.2, 0.25) is 5.02 Å². The predicted octanol–water partition coefficient (Wildman–Crippen LogP) is 5.02. The highest BCUT2D eigenvalue weighted by Crippen LogP contribution is 2.36. The molecule has 0 aromatic heterocycles. The van der Waals surface area contributed by atoms with Crippen LogP contribution in [0.15, 0.2) is 30.3 Å². The number of nitrogens with one attached hydrogen (secondary N) is 1. The maximum absolute atomic E-state index is 12.2. The molecule has 1 atom stereocenters. The lowest BCUT2D eigenvalue weighted by Crippen LogP contribution is -2.28. The summed E-state index contributed by atoms with van der Waals surface area (Å²) >= 11 is 6.49. The number of hydrogen-bond donors (Lipinski definition) is 1. The van der Waals surface area contributed by atoms with Crippen molar-refractivity contribution in [3.8, 4) is 17.6 Å². The molecular weight excluding hydrogens is 442 g/mol. The van der Waals surface area contributed by atoms with Crippen molar-refractivity contribution in [1.29, 1.82) is 5.26 Å². The molecule has 1 fully saturated rings. The average molecular weight is 470 g/mol. The molecule has 1 aliphatic rings. The molecule has 8 heteroatoms. The smallest absolute Gasteiger partial charge is 0.227 e. The van der Waals surface area contributed by atoms with Gasteiger partial charge in [-0.05, 0) is 67.6 Å². The second kappa shape index (κ2) is 11.1. The van der Waals surface area contributed by atoms with Crippen LogP contribution in [0.1, 0.15) is 48.9 Å². The van der Waals surface area contributed by atoms with E-state index < -0.39 is 6.04 Å². The van der Waals surface area contributed by atoms with Gasteiger partial charge in [-0.3, -0.25) is 9.59 Å². The maximum Gasteiger partial charge on any atom is 0.227 e. The lowest BCUT2D eigenvalue weighted by atomic mass is 10.00. The molecule has 1 N–H and O–H groups in total. The molecule has 0 saturated heterocycles. The van der Waals surface area contributed by atoms with Gasteiger partial charge in [-0.1, -0.05) is 17.7 Å². The number of benzene rings is 2. The van der Waals surface area contributed by atoms with Gasteiger partial charge in [0.1, 0.15) is 0 Å². The summed E-state index contributed by atoms with van der Waals surface area (Å²) in [4.78, 5) is 26.0. The van der Waals surface area contributed by atoms with Gasteiger partial charge in [0.2, 0.25) is 12.3 Å². The number of carbonyl (C=O) groups is 2. The summed E-state index contributed by atoms with van der Waals surface area (Å²) in [6.07, 6.45) is 2.63. The van der Waals surface area contributed by atoms with E-state index in [4.69, 9.17) is 21.1 Å². The van der Waals surface area contributed by atoms with E-state index in [-0.39, 0.29) is 24.8 Å². The van der Waals surface area contributed by atoms with Crippen LogP contribution in [0.25, 0.3) is 0 Å². The van der Waals surface area contributed by atoms with Crippen LogP contribution in [-0.2, 0) is 16.1 Å². The summed E-state index contributed by atoms with van der Waals surface area (Å²) < 4.78 is 11.0. The molecule has 2 aromatic rings. The monoisotopic (exact) mass is 469 g/mol. The van der Waals surface area contributed by atoms with Crippen LogP contribution in [0, 0.1) is 24.2 Å². The van der Waals surface area contributed by atoms with Crippen LogP contribution in [0.3, 0.4) is 0 Å². The Labute approximate surface area is 199 Å². The first kappa shape index (κ1) is 24.4. The van der Waals surface area contributed by atoms with Gasteiger partial charge in [0.15, 0.2) is 11.5 Å². The lowest BCUT2D eigenvalue weighted by molar-refractivity contribution is -0.121. The summed E-state index contributed by atoms with van der Waals surface area (Å²) in [5, 5.41) is 12.9. The third-order valence-corrected chi connectivity index (χ3v) is 6.13. The Bertz CT molecular complexity index is 1060. The summed E-state index contributed by atoms with van der Waals surface area (Å²) in [6.45, 7) is 4.38. The molecule has 0 bridgehead atoms. The second-order valence-electron chi connectivity index (χ2n) is 7.96. The minimum atomic E-state index is -0.516. The number of ether oxygens (including phenoxy) is 2. The summed E-state index contributed by atoms with van der Waals surface area (Å²) in [5.41, 5.74) is 2.94. The van der Waals surface area contributed by atoms with Gasteiger partial charge in [-0.2, -0.15) is 5.26 Å². The number of anilines is 1. The van der Waals surface area contributed by atoms with E-state index in [2.05, 4.69) is 11.4 Å². The van der Waals surface area contributed by atoms with Crippen LogP contribution < -0.4 is 14.8 Å². The first-order chi connectivity index (χ1) is 15.9.